The van der Waals surface area contributed by atoms with Gasteiger partial charge in [0.15, 0.2) is 0 Å². The highest BCUT2D eigenvalue weighted by Gasteiger charge is 2.55. The van der Waals surface area contributed by atoms with E-state index in [0.717, 1.165) is 37.8 Å². The summed E-state index contributed by atoms with van der Waals surface area (Å²) in [6, 6.07) is 1.02. The Bertz CT molecular complexity index is 1040. The summed E-state index contributed by atoms with van der Waals surface area (Å²) in [6.45, 7) is 4.68. The molecule has 210 valence electrons. The van der Waals surface area contributed by atoms with Crippen LogP contribution in [0.15, 0.2) is 0 Å². The van der Waals surface area contributed by atoms with Gasteiger partial charge in [0.05, 0.1) is 14.1 Å². The maximum atomic E-state index is 13.7. The van der Waals surface area contributed by atoms with Gasteiger partial charge >= 0.3 is 12.1 Å². The van der Waals surface area contributed by atoms with Crippen molar-refractivity contribution in [2.45, 2.75) is 107 Å². The van der Waals surface area contributed by atoms with Gasteiger partial charge in [-0.2, -0.15) is 18.4 Å². The Labute approximate surface area is 221 Å². The lowest BCUT2D eigenvalue weighted by atomic mass is 9.85. The SMILES string of the molecule is CC(C)(C)C(NC(=O)C(F)(F)F)C(=O)N1C[Si]2(CCCC2)CC1C(=O)NC(C#N)CC1CC2(CC2)NC1=O. The van der Waals surface area contributed by atoms with Crippen LogP contribution in [0, 0.1) is 22.7 Å². The largest absolute Gasteiger partial charge is 0.471 e. The molecule has 0 bridgehead atoms. The maximum Gasteiger partial charge on any atom is 0.471 e. The van der Waals surface area contributed by atoms with Crippen LogP contribution in [0.2, 0.25) is 18.1 Å². The molecule has 0 aromatic heterocycles. The minimum Gasteiger partial charge on any atom is -0.350 e. The molecule has 3 aliphatic heterocycles. The fraction of sp³-hybridized carbons (Fsp3) is 0.800. The second-order valence-electron chi connectivity index (χ2n) is 12.8. The van der Waals surface area contributed by atoms with E-state index in [2.05, 4.69) is 16.7 Å². The second kappa shape index (κ2) is 9.84. The number of rotatable bonds is 6. The highest BCUT2D eigenvalue weighted by Crippen LogP contribution is 2.46. The molecule has 0 aromatic carbocycles. The molecule has 4 atom stereocenters. The van der Waals surface area contributed by atoms with Crippen molar-refractivity contribution in [1.29, 1.82) is 5.26 Å². The highest BCUT2D eigenvalue weighted by atomic mass is 28.3. The van der Waals surface area contributed by atoms with E-state index in [1.54, 1.807) is 20.8 Å². The Morgan fingerprint density at radius 2 is 1.82 bits per heavy atom. The number of hydrogen-bond acceptors (Lipinski definition) is 5. The Kier molecular flexibility index (Phi) is 7.35. The van der Waals surface area contributed by atoms with Crippen molar-refractivity contribution in [3.05, 3.63) is 0 Å². The molecule has 0 radical (unpaired) electrons. The van der Waals surface area contributed by atoms with Crippen molar-refractivity contribution in [3.8, 4) is 6.07 Å². The molecule has 9 nitrogen and oxygen atoms in total. The molecule has 3 heterocycles. The average Bonchev–Trinajstić information content (AvgIpc) is 3.15. The first-order chi connectivity index (χ1) is 17.6. The second-order valence-corrected chi connectivity index (χ2v) is 17.5. The number of amides is 4. The lowest BCUT2D eigenvalue weighted by Crippen LogP contribution is -2.59. The molecule has 3 N–H and O–H groups in total. The molecule has 4 rings (SSSR count). The third-order valence-electron chi connectivity index (χ3n) is 8.65. The van der Waals surface area contributed by atoms with Gasteiger partial charge in [0.25, 0.3) is 0 Å². The van der Waals surface area contributed by atoms with Crippen LogP contribution in [0.4, 0.5) is 13.2 Å². The zero-order valence-corrected chi connectivity index (χ0v) is 23.0. The lowest BCUT2D eigenvalue weighted by Gasteiger charge is -2.36. The summed E-state index contributed by atoms with van der Waals surface area (Å²) in [5.74, 6) is -3.96. The number of carbonyl (C=O) groups excluding carboxylic acids is 4. The van der Waals surface area contributed by atoms with Gasteiger partial charge in [-0.15, -0.1) is 0 Å². The van der Waals surface area contributed by atoms with Crippen LogP contribution in [-0.2, 0) is 19.2 Å². The van der Waals surface area contributed by atoms with Crippen LogP contribution in [0.25, 0.3) is 0 Å². The van der Waals surface area contributed by atoms with Crippen molar-refractivity contribution in [2.75, 3.05) is 6.17 Å². The van der Waals surface area contributed by atoms with Crippen LogP contribution in [0.1, 0.15) is 59.3 Å². The molecule has 4 fully saturated rings. The molecule has 0 aromatic rings. The van der Waals surface area contributed by atoms with E-state index in [0.29, 0.717) is 18.6 Å². The van der Waals surface area contributed by atoms with E-state index in [1.165, 1.54) is 4.90 Å². The van der Waals surface area contributed by atoms with Gasteiger partial charge in [0.2, 0.25) is 17.7 Å². The Balaban J connectivity index is 1.52. The van der Waals surface area contributed by atoms with E-state index in [9.17, 15) is 37.6 Å². The zero-order valence-electron chi connectivity index (χ0n) is 22.0. The van der Waals surface area contributed by atoms with E-state index in [4.69, 9.17) is 0 Å². The number of nitrogens with zero attached hydrogens (tertiary/aromatic N) is 2. The number of alkyl halides is 3. The fourth-order valence-electron chi connectivity index (χ4n) is 6.38. The Morgan fingerprint density at radius 1 is 1.18 bits per heavy atom. The summed E-state index contributed by atoms with van der Waals surface area (Å²) in [6.07, 6.45) is -0.261. The monoisotopic (exact) mass is 555 g/mol. The van der Waals surface area contributed by atoms with Crippen molar-refractivity contribution < 1.29 is 32.3 Å². The molecule has 1 aliphatic carbocycles. The topological polar surface area (TPSA) is 131 Å². The predicted octanol–water partition coefficient (Wildman–Crippen LogP) is 2.14. The standard InChI is InChI=1S/C25H36F3N5O4Si/c1-23(2,3)18(31-22(37)25(26,27)28)21(36)33-14-38(8-4-5-9-38)13-17(33)20(35)30-16(12-29)10-15-11-24(6-7-24)32-19(15)34/h15-18H,4-11,13-14H2,1-3H3,(H,30,35)(H,31,37)(H,32,34). The molecule has 2 spiro atoms. The first kappa shape index (κ1) is 28.4. The number of nitriles is 1. The molecule has 4 amide bonds. The number of halogens is 3. The Morgan fingerprint density at radius 3 is 2.32 bits per heavy atom. The van der Waals surface area contributed by atoms with Crippen LogP contribution in [0.3, 0.4) is 0 Å². The molecular formula is C25H36F3N5O4Si. The summed E-state index contributed by atoms with van der Waals surface area (Å²) in [5, 5.41) is 17.3. The van der Waals surface area contributed by atoms with E-state index in [-0.39, 0.29) is 23.8 Å². The van der Waals surface area contributed by atoms with Crippen LogP contribution < -0.4 is 16.0 Å². The molecular weight excluding hydrogens is 519 g/mol. The molecule has 38 heavy (non-hydrogen) atoms. The first-order valence-electron chi connectivity index (χ1n) is 13.3. The van der Waals surface area contributed by atoms with Gasteiger partial charge in [0.1, 0.15) is 18.1 Å². The minimum absolute atomic E-state index is 0.125. The Hall–Kier alpha value is -2.62. The molecule has 1 saturated carbocycles. The number of hydrogen-bond donors (Lipinski definition) is 3. The molecule has 4 aliphatic rings. The third kappa shape index (κ3) is 5.84. The van der Waals surface area contributed by atoms with Crippen LogP contribution in [0.5, 0.6) is 0 Å². The average molecular weight is 556 g/mol. The summed E-state index contributed by atoms with van der Waals surface area (Å²) in [5.41, 5.74) is -1.21. The smallest absolute Gasteiger partial charge is 0.350 e. The van der Waals surface area contributed by atoms with Crippen molar-refractivity contribution >= 4 is 31.7 Å². The summed E-state index contributed by atoms with van der Waals surface area (Å²) in [4.78, 5) is 52.8. The first-order valence-corrected chi connectivity index (χ1v) is 16.1. The predicted molar refractivity (Wildman–Crippen MR) is 133 cm³/mol. The van der Waals surface area contributed by atoms with Gasteiger partial charge in [-0.1, -0.05) is 45.7 Å². The summed E-state index contributed by atoms with van der Waals surface area (Å²) >= 11 is 0. The van der Waals surface area contributed by atoms with Gasteiger partial charge in [-0.25, -0.2) is 0 Å². The van der Waals surface area contributed by atoms with E-state index >= 15 is 0 Å². The maximum absolute atomic E-state index is 13.7. The van der Waals surface area contributed by atoms with Crippen LogP contribution >= 0.6 is 0 Å². The fourth-order valence-corrected chi connectivity index (χ4v) is 11.8. The number of carbonyl (C=O) groups is 4. The number of nitrogens with one attached hydrogen (secondary N) is 3. The van der Waals surface area contributed by atoms with Gasteiger partial charge in [-0.05, 0) is 37.1 Å². The summed E-state index contributed by atoms with van der Waals surface area (Å²) < 4.78 is 39.2. The minimum atomic E-state index is -5.15. The van der Waals surface area contributed by atoms with E-state index < -0.39 is 55.5 Å². The molecule has 3 saturated heterocycles. The van der Waals surface area contributed by atoms with Gasteiger partial charge in [-0.3, -0.25) is 19.2 Å². The van der Waals surface area contributed by atoms with Gasteiger partial charge < -0.3 is 20.9 Å². The van der Waals surface area contributed by atoms with Crippen LogP contribution in [-0.4, -0.2) is 72.6 Å². The van der Waals surface area contributed by atoms with Crippen molar-refractivity contribution in [2.24, 2.45) is 11.3 Å². The summed E-state index contributed by atoms with van der Waals surface area (Å²) in [7, 11) is -2.06. The third-order valence-corrected chi connectivity index (χ3v) is 13.7. The normalized spacial score (nSPS) is 27.1. The molecule has 13 heteroatoms. The highest BCUT2D eigenvalue weighted by molar-refractivity contribution is 6.82. The van der Waals surface area contributed by atoms with Gasteiger partial charge in [0, 0.05) is 17.6 Å². The van der Waals surface area contributed by atoms with Crippen molar-refractivity contribution in [3.63, 3.8) is 0 Å². The molecule has 4 unspecified atom stereocenters. The quantitative estimate of drug-likeness (QED) is 0.432. The zero-order chi connectivity index (χ0) is 28.1. The van der Waals surface area contributed by atoms with Crippen molar-refractivity contribution in [1.82, 2.24) is 20.9 Å². The van der Waals surface area contributed by atoms with E-state index in [1.807, 2.05) is 5.32 Å². The lowest BCUT2D eigenvalue weighted by molar-refractivity contribution is -0.176.